The zero-order chi connectivity index (χ0) is 27.0. The summed E-state index contributed by atoms with van der Waals surface area (Å²) in [5, 5.41) is 7.18. The lowest BCUT2D eigenvalue weighted by atomic mass is 9.96. The van der Waals surface area contributed by atoms with E-state index in [2.05, 4.69) is 80.2 Å². The zero-order valence-electron chi connectivity index (χ0n) is 21.8. The molecule has 0 spiro atoms. The van der Waals surface area contributed by atoms with E-state index in [1.54, 1.807) is 0 Å². The van der Waals surface area contributed by atoms with E-state index in [0.717, 1.165) is 44.2 Å². The van der Waals surface area contributed by atoms with E-state index in [-0.39, 0.29) is 18.0 Å². The van der Waals surface area contributed by atoms with Crippen LogP contribution >= 0.6 is 28.1 Å². The van der Waals surface area contributed by atoms with Crippen LogP contribution in [0.5, 0.6) is 0 Å². The first-order chi connectivity index (χ1) is 18.3. The third kappa shape index (κ3) is 4.74. The molecule has 0 bridgehead atoms. The Balaban J connectivity index is 1.64. The Bertz CT molecular complexity index is 1520. The summed E-state index contributed by atoms with van der Waals surface area (Å²) in [5.74, 6) is -0.00758. The lowest BCUT2D eigenvalue weighted by Gasteiger charge is -2.29. The number of carbonyl (C=O) groups excluding carboxylic acids is 1. The van der Waals surface area contributed by atoms with E-state index >= 15 is 0 Å². The van der Waals surface area contributed by atoms with Crippen molar-refractivity contribution >= 4 is 50.5 Å². The van der Waals surface area contributed by atoms with E-state index in [1.807, 2.05) is 56.4 Å². The van der Waals surface area contributed by atoms with Gasteiger partial charge >= 0.3 is 0 Å². The number of nitrogens with one attached hydrogen (secondary N) is 2. The van der Waals surface area contributed by atoms with Crippen LogP contribution in [0.2, 0.25) is 0 Å². The van der Waals surface area contributed by atoms with Crippen LogP contribution in [0.3, 0.4) is 0 Å². The molecule has 2 unspecified atom stereocenters. The van der Waals surface area contributed by atoms with Gasteiger partial charge in [-0.1, -0.05) is 25.1 Å². The van der Waals surface area contributed by atoms with Crippen LogP contribution in [-0.2, 0) is 4.79 Å². The zero-order valence-corrected chi connectivity index (χ0v) is 24.2. The van der Waals surface area contributed by atoms with Crippen LogP contribution in [0, 0.1) is 20.8 Å². The number of aryl methyl sites for hydroxylation is 2. The topological polar surface area (TPSA) is 62.2 Å². The molecule has 1 aliphatic rings. The third-order valence-electron chi connectivity index (χ3n) is 7.06. The van der Waals surface area contributed by atoms with E-state index in [0.29, 0.717) is 11.5 Å². The van der Waals surface area contributed by atoms with Gasteiger partial charge in [0.2, 0.25) is 5.91 Å². The molecule has 38 heavy (non-hydrogen) atoms. The molecule has 0 radical (unpaired) electrons. The molecule has 0 aliphatic carbocycles. The van der Waals surface area contributed by atoms with Gasteiger partial charge < -0.3 is 20.1 Å². The Morgan fingerprint density at radius 2 is 1.84 bits per heavy atom. The fraction of sp³-hybridized carbons (Fsp3) is 0.233. The highest BCUT2D eigenvalue weighted by Gasteiger charge is 2.42. The second-order valence-corrected chi connectivity index (χ2v) is 10.8. The Morgan fingerprint density at radius 3 is 2.53 bits per heavy atom. The van der Waals surface area contributed by atoms with E-state index < -0.39 is 0 Å². The van der Waals surface area contributed by atoms with Crippen molar-refractivity contribution in [3.8, 4) is 5.69 Å². The Kier molecular flexibility index (Phi) is 7.36. The van der Waals surface area contributed by atoms with Crippen LogP contribution in [-0.4, -0.2) is 20.6 Å². The van der Waals surface area contributed by atoms with Crippen LogP contribution in [0.15, 0.2) is 77.4 Å². The first-order valence-electron chi connectivity index (χ1n) is 12.6. The van der Waals surface area contributed by atoms with Crippen LogP contribution in [0.1, 0.15) is 53.6 Å². The van der Waals surface area contributed by atoms with Gasteiger partial charge in [0.15, 0.2) is 5.11 Å². The Hall–Kier alpha value is -3.49. The second kappa shape index (κ2) is 10.7. The smallest absolute Gasteiger partial charge is 0.224 e. The molecule has 194 valence electrons. The summed E-state index contributed by atoms with van der Waals surface area (Å²) in [7, 11) is 0. The summed E-state index contributed by atoms with van der Waals surface area (Å²) in [4.78, 5) is 18.9. The number of carbonyl (C=O) groups is 1. The molecule has 8 heteroatoms. The number of amides is 1. The lowest BCUT2D eigenvalue weighted by molar-refractivity contribution is -0.115. The molecule has 6 nitrogen and oxygen atoms in total. The molecule has 2 aromatic heterocycles. The van der Waals surface area contributed by atoms with Crippen molar-refractivity contribution in [2.24, 2.45) is 0 Å². The van der Waals surface area contributed by atoms with Crippen LogP contribution < -0.4 is 15.5 Å². The molecule has 5 rings (SSSR count). The maximum absolute atomic E-state index is 12.0. The van der Waals surface area contributed by atoms with Crippen molar-refractivity contribution in [2.45, 2.75) is 46.2 Å². The van der Waals surface area contributed by atoms with Gasteiger partial charge in [-0.05, 0) is 109 Å². The summed E-state index contributed by atoms with van der Waals surface area (Å²) < 4.78 is 3.31. The monoisotopic (exact) mass is 587 g/mol. The highest BCUT2D eigenvalue weighted by molar-refractivity contribution is 9.10. The molecule has 1 saturated heterocycles. The third-order valence-corrected chi connectivity index (χ3v) is 8.05. The largest absolute Gasteiger partial charge is 0.351 e. The summed E-state index contributed by atoms with van der Waals surface area (Å²) in [6.07, 6.45) is 2.25. The quantitative estimate of drug-likeness (QED) is 0.236. The number of para-hydroxylation sites is 1. The van der Waals surface area contributed by atoms with Crippen molar-refractivity contribution in [3.05, 3.63) is 106 Å². The molecular weight excluding hydrogens is 558 g/mol. The number of thiocarbonyl (C=S) groups is 1. The number of benzene rings is 2. The van der Waals surface area contributed by atoms with Gasteiger partial charge in [-0.15, -0.1) is 0 Å². The summed E-state index contributed by atoms with van der Waals surface area (Å²) in [6.45, 7) is 8.14. The van der Waals surface area contributed by atoms with Gasteiger partial charge in [0.1, 0.15) is 0 Å². The van der Waals surface area contributed by atoms with Crippen molar-refractivity contribution in [1.82, 2.24) is 14.9 Å². The van der Waals surface area contributed by atoms with Crippen molar-refractivity contribution in [2.75, 3.05) is 10.2 Å². The number of halogens is 1. The number of nitrogens with zero attached hydrogens (tertiary/aromatic N) is 3. The number of hydrogen-bond donors (Lipinski definition) is 2. The standard InChI is InChI=1S/C30H30BrN5OS/c1-5-27(37)33-24-14-13-21(16-18(24)2)36-29(28(34-30(36)38)25-11-8-9-15-32-25)22-17-19(3)35(20(22)4)26-12-7-6-10-23(26)31/h6-17,28-29H,5H2,1-4H3,(H,33,37)(H,34,38). The number of pyridine rings is 1. The molecule has 4 aromatic rings. The molecular formula is C30H30BrN5OS. The normalized spacial score (nSPS) is 17.0. The molecule has 1 fully saturated rings. The highest BCUT2D eigenvalue weighted by Crippen LogP contribution is 2.44. The SMILES string of the molecule is CCC(=O)Nc1ccc(N2C(=S)NC(c3ccccn3)C2c2cc(C)n(-c3ccccc3Br)c2C)cc1C. The van der Waals surface area contributed by atoms with E-state index in [1.165, 1.54) is 5.56 Å². The minimum atomic E-state index is -0.142. The predicted molar refractivity (Wildman–Crippen MR) is 161 cm³/mol. The fourth-order valence-corrected chi connectivity index (χ4v) is 6.02. The molecule has 3 heterocycles. The summed E-state index contributed by atoms with van der Waals surface area (Å²) >= 11 is 9.67. The first kappa shape index (κ1) is 26.1. The average Bonchev–Trinajstić information content (AvgIpc) is 3.41. The predicted octanol–water partition coefficient (Wildman–Crippen LogP) is 7.09. The highest BCUT2D eigenvalue weighted by atomic mass is 79.9. The maximum atomic E-state index is 12.0. The van der Waals surface area contributed by atoms with Crippen LogP contribution in [0.25, 0.3) is 5.69 Å². The number of rotatable bonds is 6. The van der Waals surface area contributed by atoms with Crippen molar-refractivity contribution in [3.63, 3.8) is 0 Å². The van der Waals surface area contributed by atoms with Gasteiger partial charge in [0.05, 0.1) is 23.5 Å². The van der Waals surface area contributed by atoms with E-state index in [9.17, 15) is 4.79 Å². The Labute approximate surface area is 237 Å². The second-order valence-electron chi connectivity index (χ2n) is 9.51. The molecule has 1 aliphatic heterocycles. The summed E-state index contributed by atoms with van der Waals surface area (Å²) in [5.41, 5.74) is 8.21. The lowest BCUT2D eigenvalue weighted by Crippen LogP contribution is -2.29. The summed E-state index contributed by atoms with van der Waals surface area (Å²) in [6, 6.07) is 22.3. The van der Waals surface area contributed by atoms with Gasteiger partial charge in [0, 0.05) is 39.9 Å². The number of hydrogen-bond acceptors (Lipinski definition) is 3. The van der Waals surface area contributed by atoms with Crippen molar-refractivity contribution < 1.29 is 4.79 Å². The molecule has 0 saturated carbocycles. The number of aromatic nitrogens is 2. The fourth-order valence-electron chi connectivity index (χ4n) is 5.22. The first-order valence-corrected chi connectivity index (χ1v) is 13.8. The minimum absolute atomic E-state index is 0.00758. The Morgan fingerprint density at radius 1 is 1.08 bits per heavy atom. The van der Waals surface area contributed by atoms with Gasteiger partial charge in [-0.2, -0.15) is 0 Å². The molecule has 2 aromatic carbocycles. The average molecular weight is 589 g/mol. The number of anilines is 2. The van der Waals surface area contributed by atoms with Crippen molar-refractivity contribution in [1.29, 1.82) is 0 Å². The van der Waals surface area contributed by atoms with Crippen LogP contribution in [0.4, 0.5) is 11.4 Å². The maximum Gasteiger partial charge on any atom is 0.224 e. The van der Waals surface area contributed by atoms with Gasteiger partial charge in [0.25, 0.3) is 0 Å². The van der Waals surface area contributed by atoms with Gasteiger partial charge in [-0.25, -0.2) is 0 Å². The molecule has 1 amide bonds. The molecule has 2 N–H and O–H groups in total. The van der Waals surface area contributed by atoms with Gasteiger partial charge in [-0.3, -0.25) is 9.78 Å². The van der Waals surface area contributed by atoms with E-state index in [4.69, 9.17) is 17.2 Å². The molecule has 2 atom stereocenters. The minimum Gasteiger partial charge on any atom is -0.351 e.